The molecular weight excluding hydrogens is 205 g/mol. The lowest BCUT2D eigenvalue weighted by molar-refractivity contribution is -0.137. The lowest BCUT2D eigenvalue weighted by Gasteiger charge is -2.12. The van der Waals surface area contributed by atoms with Crippen LogP contribution in [0.3, 0.4) is 0 Å². The van der Waals surface area contributed by atoms with Crippen LogP contribution in [0, 0.1) is 6.92 Å². The molecule has 0 heterocycles. The molecule has 15 heavy (non-hydrogen) atoms. The maximum Gasteiger partial charge on any atom is 0.416 e. The largest absolute Gasteiger partial charge is 0.416 e. The number of hydrogen-bond acceptors (Lipinski definition) is 1. The number of aliphatic hydroxyl groups excluding tert-OH is 1. The Kier molecular flexibility index (Phi) is 3.39. The SMILES string of the molecule is Cc1cc(C(F)(F)F)ccc1CC(C)O. The van der Waals surface area contributed by atoms with Crippen molar-refractivity contribution in [3.8, 4) is 0 Å². The first kappa shape index (κ1) is 12.0. The van der Waals surface area contributed by atoms with Crippen molar-refractivity contribution in [1.29, 1.82) is 0 Å². The van der Waals surface area contributed by atoms with E-state index in [2.05, 4.69) is 0 Å². The molecule has 1 N–H and O–H groups in total. The maximum absolute atomic E-state index is 12.3. The van der Waals surface area contributed by atoms with Gasteiger partial charge in [-0.05, 0) is 43.5 Å². The summed E-state index contributed by atoms with van der Waals surface area (Å²) in [7, 11) is 0. The molecule has 0 saturated heterocycles. The first-order valence-electron chi connectivity index (χ1n) is 4.65. The number of aliphatic hydroxyl groups is 1. The van der Waals surface area contributed by atoms with Crippen molar-refractivity contribution in [1.82, 2.24) is 0 Å². The third-order valence-electron chi connectivity index (χ3n) is 2.19. The molecule has 0 fully saturated rings. The van der Waals surface area contributed by atoms with Crippen LogP contribution in [0.25, 0.3) is 0 Å². The molecule has 1 rings (SSSR count). The molecule has 0 amide bonds. The highest BCUT2D eigenvalue weighted by atomic mass is 19.4. The molecule has 0 saturated carbocycles. The minimum absolute atomic E-state index is 0.379. The fraction of sp³-hybridized carbons (Fsp3) is 0.455. The summed E-state index contributed by atoms with van der Waals surface area (Å²) in [6, 6.07) is 3.58. The van der Waals surface area contributed by atoms with Crippen LogP contribution in [-0.2, 0) is 12.6 Å². The third-order valence-corrected chi connectivity index (χ3v) is 2.19. The van der Waals surface area contributed by atoms with Crippen molar-refractivity contribution in [2.45, 2.75) is 32.5 Å². The van der Waals surface area contributed by atoms with Gasteiger partial charge in [-0.1, -0.05) is 6.07 Å². The molecule has 0 bridgehead atoms. The van der Waals surface area contributed by atoms with Crippen molar-refractivity contribution in [3.63, 3.8) is 0 Å². The van der Waals surface area contributed by atoms with Crippen LogP contribution in [0.2, 0.25) is 0 Å². The number of benzene rings is 1. The molecule has 0 aromatic heterocycles. The van der Waals surface area contributed by atoms with E-state index in [0.29, 0.717) is 12.0 Å². The van der Waals surface area contributed by atoms with Crippen molar-refractivity contribution >= 4 is 0 Å². The summed E-state index contributed by atoms with van der Waals surface area (Å²) < 4.78 is 36.9. The van der Waals surface area contributed by atoms with Crippen LogP contribution in [-0.4, -0.2) is 11.2 Å². The summed E-state index contributed by atoms with van der Waals surface area (Å²) in [5.41, 5.74) is 0.665. The quantitative estimate of drug-likeness (QED) is 0.809. The zero-order chi connectivity index (χ0) is 11.6. The Labute approximate surface area is 86.5 Å². The highest BCUT2D eigenvalue weighted by Gasteiger charge is 2.30. The highest BCUT2D eigenvalue weighted by Crippen LogP contribution is 2.30. The second-order valence-corrected chi connectivity index (χ2v) is 3.69. The smallest absolute Gasteiger partial charge is 0.393 e. The lowest BCUT2D eigenvalue weighted by Crippen LogP contribution is -2.09. The fourth-order valence-electron chi connectivity index (χ4n) is 1.42. The monoisotopic (exact) mass is 218 g/mol. The van der Waals surface area contributed by atoms with Crippen LogP contribution in [0.4, 0.5) is 13.2 Å². The van der Waals surface area contributed by atoms with Crippen molar-refractivity contribution in [2.24, 2.45) is 0 Å². The Morgan fingerprint density at radius 2 is 1.93 bits per heavy atom. The summed E-state index contributed by atoms with van der Waals surface area (Å²) in [6.07, 6.45) is -4.46. The Hall–Kier alpha value is -1.03. The van der Waals surface area contributed by atoms with Gasteiger partial charge in [-0.2, -0.15) is 13.2 Å². The van der Waals surface area contributed by atoms with Gasteiger partial charge in [-0.3, -0.25) is 0 Å². The molecule has 0 spiro atoms. The van der Waals surface area contributed by atoms with Crippen molar-refractivity contribution < 1.29 is 18.3 Å². The normalized spacial score (nSPS) is 14.0. The van der Waals surface area contributed by atoms with Crippen LogP contribution < -0.4 is 0 Å². The first-order chi connectivity index (χ1) is 6.80. The first-order valence-corrected chi connectivity index (χ1v) is 4.65. The van der Waals surface area contributed by atoms with Gasteiger partial charge in [0.25, 0.3) is 0 Å². The van der Waals surface area contributed by atoms with E-state index in [4.69, 9.17) is 5.11 Å². The van der Waals surface area contributed by atoms with E-state index in [1.807, 2.05) is 0 Å². The van der Waals surface area contributed by atoms with Gasteiger partial charge in [0.15, 0.2) is 0 Å². The Morgan fingerprint density at radius 1 is 1.33 bits per heavy atom. The second-order valence-electron chi connectivity index (χ2n) is 3.69. The van der Waals surface area contributed by atoms with Gasteiger partial charge in [0.1, 0.15) is 0 Å². The predicted octanol–water partition coefficient (Wildman–Crippen LogP) is 2.94. The fourth-order valence-corrected chi connectivity index (χ4v) is 1.42. The van der Waals surface area contributed by atoms with E-state index in [0.717, 1.165) is 17.7 Å². The standard InChI is InChI=1S/C11H13F3O/c1-7-5-10(11(12,13)14)4-3-9(7)6-8(2)15/h3-5,8,15H,6H2,1-2H3. The van der Waals surface area contributed by atoms with Gasteiger partial charge in [0.2, 0.25) is 0 Å². The summed E-state index contributed by atoms with van der Waals surface area (Å²) in [5, 5.41) is 9.14. The van der Waals surface area contributed by atoms with Gasteiger partial charge in [-0.25, -0.2) is 0 Å². The molecule has 1 atom stereocenters. The van der Waals surface area contributed by atoms with Crippen LogP contribution in [0.5, 0.6) is 0 Å². The van der Waals surface area contributed by atoms with E-state index in [1.54, 1.807) is 13.8 Å². The number of hydrogen-bond donors (Lipinski definition) is 1. The minimum atomic E-state index is -4.30. The van der Waals surface area contributed by atoms with Gasteiger partial charge < -0.3 is 5.11 Å². The van der Waals surface area contributed by atoms with E-state index < -0.39 is 17.8 Å². The zero-order valence-corrected chi connectivity index (χ0v) is 8.60. The molecule has 0 aliphatic rings. The van der Waals surface area contributed by atoms with Gasteiger partial charge in [-0.15, -0.1) is 0 Å². The Morgan fingerprint density at radius 3 is 2.33 bits per heavy atom. The van der Waals surface area contributed by atoms with E-state index >= 15 is 0 Å². The van der Waals surface area contributed by atoms with Crippen molar-refractivity contribution in [3.05, 3.63) is 34.9 Å². The zero-order valence-electron chi connectivity index (χ0n) is 8.60. The summed E-state index contributed by atoms with van der Waals surface area (Å²) >= 11 is 0. The Balaban J connectivity index is 2.98. The minimum Gasteiger partial charge on any atom is -0.393 e. The molecule has 1 unspecified atom stereocenters. The van der Waals surface area contributed by atoms with Crippen molar-refractivity contribution in [2.75, 3.05) is 0 Å². The van der Waals surface area contributed by atoms with Gasteiger partial charge in [0, 0.05) is 0 Å². The molecule has 1 nitrogen and oxygen atoms in total. The molecule has 84 valence electrons. The topological polar surface area (TPSA) is 20.2 Å². The molecule has 0 aliphatic heterocycles. The predicted molar refractivity (Wildman–Crippen MR) is 51.6 cm³/mol. The van der Waals surface area contributed by atoms with Gasteiger partial charge in [0.05, 0.1) is 11.7 Å². The summed E-state index contributed by atoms with van der Waals surface area (Å²) in [6.45, 7) is 3.23. The number of rotatable bonds is 2. The number of aryl methyl sites for hydroxylation is 1. The molecular formula is C11H13F3O. The van der Waals surface area contributed by atoms with Gasteiger partial charge >= 0.3 is 6.18 Å². The van der Waals surface area contributed by atoms with Crippen LogP contribution in [0.1, 0.15) is 23.6 Å². The molecule has 0 radical (unpaired) electrons. The third kappa shape index (κ3) is 3.23. The van der Waals surface area contributed by atoms with E-state index in [9.17, 15) is 13.2 Å². The molecule has 4 heteroatoms. The number of halogens is 3. The average molecular weight is 218 g/mol. The molecule has 0 aliphatic carbocycles. The summed E-state index contributed by atoms with van der Waals surface area (Å²) in [5.74, 6) is 0. The second kappa shape index (κ2) is 4.23. The maximum atomic E-state index is 12.3. The highest BCUT2D eigenvalue weighted by molar-refractivity contribution is 5.32. The molecule has 1 aromatic carbocycles. The Bertz CT molecular complexity index is 342. The summed E-state index contributed by atoms with van der Waals surface area (Å²) in [4.78, 5) is 0. The van der Waals surface area contributed by atoms with E-state index in [-0.39, 0.29) is 0 Å². The van der Waals surface area contributed by atoms with Crippen LogP contribution in [0.15, 0.2) is 18.2 Å². The average Bonchev–Trinajstić information content (AvgIpc) is 2.05. The van der Waals surface area contributed by atoms with Crippen LogP contribution >= 0.6 is 0 Å². The van der Waals surface area contributed by atoms with E-state index in [1.165, 1.54) is 6.07 Å². The number of alkyl halides is 3. The molecule has 1 aromatic rings. The lowest BCUT2D eigenvalue weighted by atomic mass is 10.0.